The second-order valence-electron chi connectivity index (χ2n) is 2.59. The van der Waals surface area contributed by atoms with Crippen LogP contribution in [0.4, 0.5) is 10.1 Å². The van der Waals surface area contributed by atoms with Crippen molar-refractivity contribution < 1.29 is 14.0 Å². The summed E-state index contributed by atoms with van der Waals surface area (Å²) in [6, 6.07) is 2.23. The Morgan fingerprint density at radius 2 is 2.00 bits per heavy atom. The molecule has 0 aliphatic carbocycles. The lowest BCUT2D eigenvalue weighted by Crippen LogP contribution is -2.12. The van der Waals surface area contributed by atoms with E-state index in [2.05, 4.69) is 21.2 Å². The third-order valence-electron chi connectivity index (χ3n) is 1.74. The second kappa shape index (κ2) is 2.63. The smallest absolute Gasteiger partial charge is 0.296 e. The SMILES string of the molecule is O=C1Nc2c(Br)cc(F)cc2C1=O. The Kier molecular flexibility index (Phi) is 1.69. The number of rotatable bonds is 0. The van der Waals surface area contributed by atoms with Crippen LogP contribution in [0.15, 0.2) is 16.6 Å². The van der Waals surface area contributed by atoms with Crippen LogP contribution in [-0.4, -0.2) is 11.7 Å². The van der Waals surface area contributed by atoms with Crippen LogP contribution in [0.5, 0.6) is 0 Å². The van der Waals surface area contributed by atoms with Gasteiger partial charge >= 0.3 is 0 Å². The van der Waals surface area contributed by atoms with Crippen molar-refractivity contribution in [1.29, 1.82) is 0 Å². The Morgan fingerprint density at radius 3 is 2.69 bits per heavy atom. The average molecular weight is 244 g/mol. The highest BCUT2D eigenvalue weighted by atomic mass is 79.9. The minimum atomic E-state index is -0.721. The van der Waals surface area contributed by atoms with E-state index in [0.29, 0.717) is 10.2 Å². The highest BCUT2D eigenvalue weighted by molar-refractivity contribution is 9.10. The van der Waals surface area contributed by atoms with E-state index >= 15 is 0 Å². The summed E-state index contributed by atoms with van der Waals surface area (Å²) in [6.07, 6.45) is 0. The standard InChI is InChI=1S/C8H3BrFNO2/c9-5-2-3(10)1-4-6(5)11-8(13)7(4)12/h1-2H,(H,11,12,13). The van der Waals surface area contributed by atoms with E-state index in [0.717, 1.165) is 6.07 Å². The molecule has 1 aliphatic heterocycles. The van der Waals surface area contributed by atoms with E-state index in [4.69, 9.17) is 0 Å². The molecule has 13 heavy (non-hydrogen) atoms. The van der Waals surface area contributed by atoms with Crippen molar-refractivity contribution in [1.82, 2.24) is 0 Å². The summed E-state index contributed by atoms with van der Waals surface area (Å²) in [5, 5.41) is 2.34. The molecule has 1 aromatic rings. The normalized spacial score (nSPS) is 14.3. The maximum atomic E-state index is 12.8. The molecule has 1 aromatic carbocycles. The number of hydrogen-bond donors (Lipinski definition) is 1. The van der Waals surface area contributed by atoms with Gasteiger partial charge in [-0.15, -0.1) is 0 Å². The number of carbonyl (C=O) groups excluding carboxylic acids is 2. The molecule has 0 atom stereocenters. The predicted molar refractivity (Wildman–Crippen MR) is 47.1 cm³/mol. The van der Waals surface area contributed by atoms with Gasteiger partial charge in [-0.2, -0.15) is 0 Å². The molecular formula is C8H3BrFNO2. The Morgan fingerprint density at radius 1 is 1.31 bits per heavy atom. The van der Waals surface area contributed by atoms with Gasteiger partial charge in [0, 0.05) is 4.47 Å². The number of hydrogen-bond acceptors (Lipinski definition) is 2. The Bertz CT molecular complexity index is 430. The highest BCUT2D eigenvalue weighted by Crippen LogP contribution is 2.32. The fourth-order valence-corrected chi connectivity index (χ4v) is 1.70. The lowest BCUT2D eigenvalue weighted by atomic mass is 10.1. The first kappa shape index (κ1) is 8.37. The van der Waals surface area contributed by atoms with Crippen molar-refractivity contribution >= 4 is 33.3 Å². The molecule has 2 rings (SSSR count). The minimum absolute atomic E-state index is 0.0804. The number of anilines is 1. The number of Topliss-reactive ketones (excluding diaryl/α,β-unsaturated/α-hetero) is 1. The van der Waals surface area contributed by atoms with E-state index < -0.39 is 17.5 Å². The van der Waals surface area contributed by atoms with Gasteiger partial charge in [0.25, 0.3) is 11.7 Å². The zero-order chi connectivity index (χ0) is 9.59. The summed E-state index contributed by atoms with van der Waals surface area (Å²) in [5.41, 5.74) is 0.424. The summed E-state index contributed by atoms with van der Waals surface area (Å²) in [4.78, 5) is 22.0. The molecule has 0 spiro atoms. The number of fused-ring (bicyclic) bond motifs is 1. The molecule has 3 nitrogen and oxygen atoms in total. The molecule has 0 fully saturated rings. The molecule has 0 saturated heterocycles. The highest BCUT2D eigenvalue weighted by Gasteiger charge is 2.30. The van der Waals surface area contributed by atoms with Crippen LogP contribution in [-0.2, 0) is 4.79 Å². The van der Waals surface area contributed by atoms with Gasteiger partial charge in [0.1, 0.15) is 5.82 Å². The van der Waals surface area contributed by atoms with Crippen molar-refractivity contribution in [2.45, 2.75) is 0 Å². The molecular weight excluding hydrogens is 241 g/mol. The zero-order valence-corrected chi connectivity index (χ0v) is 7.81. The van der Waals surface area contributed by atoms with Crippen LogP contribution in [0.25, 0.3) is 0 Å². The topological polar surface area (TPSA) is 46.2 Å². The summed E-state index contributed by atoms with van der Waals surface area (Å²) >= 11 is 3.05. The van der Waals surface area contributed by atoms with Crippen LogP contribution in [0.3, 0.4) is 0 Å². The van der Waals surface area contributed by atoms with Crippen LogP contribution < -0.4 is 5.32 Å². The molecule has 1 amide bonds. The van der Waals surface area contributed by atoms with Crippen molar-refractivity contribution in [3.63, 3.8) is 0 Å². The lowest BCUT2D eigenvalue weighted by Gasteiger charge is -1.99. The van der Waals surface area contributed by atoms with E-state index in [1.807, 2.05) is 0 Å². The molecule has 1 aliphatic rings. The van der Waals surface area contributed by atoms with Crippen LogP contribution in [0, 0.1) is 5.82 Å². The molecule has 0 unspecified atom stereocenters. The summed E-state index contributed by atoms with van der Waals surface area (Å²) in [5.74, 6) is -1.97. The zero-order valence-electron chi connectivity index (χ0n) is 6.23. The third-order valence-corrected chi connectivity index (χ3v) is 2.37. The van der Waals surface area contributed by atoms with Gasteiger partial charge in [0.15, 0.2) is 0 Å². The quantitative estimate of drug-likeness (QED) is 0.706. The van der Waals surface area contributed by atoms with E-state index in [1.54, 1.807) is 0 Å². The number of ketones is 1. The molecule has 0 saturated carbocycles. The fraction of sp³-hybridized carbons (Fsp3) is 0. The predicted octanol–water partition coefficient (Wildman–Crippen LogP) is 1.72. The molecule has 1 heterocycles. The number of carbonyl (C=O) groups is 2. The van der Waals surface area contributed by atoms with Gasteiger partial charge in [-0.25, -0.2) is 4.39 Å². The average Bonchev–Trinajstić information content (AvgIpc) is 2.32. The summed E-state index contributed by atoms with van der Waals surface area (Å²) in [6.45, 7) is 0. The fourth-order valence-electron chi connectivity index (χ4n) is 1.17. The van der Waals surface area contributed by atoms with Crippen molar-refractivity contribution in [2.75, 3.05) is 5.32 Å². The van der Waals surface area contributed by atoms with Crippen molar-refractivity contribution in [2.24, 2.45) is 0 Å². The second-order valence-corrected chi connectivity index (χ2v) is 3.45. The number of nitrogens with one attached hydrogen (secondary N) is 1. The first-order chi connectivity index (χ1) is 6.09. The molecule has 1 N–H and O–H groups in total. The van der Waals surface area contributed by atoms with Gasteiger partial charge < -0.3 is 5.32 Å². The maximum absolute atomic E-state index is 12.8. The monoisotopic (exact) mass is 243 g/mol. The molecule has 0 bridgehead atoms. The number of benzene rings is 1. The lowest BCUT2D eigenvalue weighted by molar-refractivity contribution is -0.112. The van der Waals surface area contributed by atoms with Crippen molar-refractivity contribution in [3.8, 4) is 0 Å². The first-order valence-electron chi connectivity index (χ1n) is 3.44. The Hall–Kier alpha value is -1.23. The minimum Gasteiger partial charge on any atom is -0.317 e. The molecule has 0 aromatic heterocycles. The Labute approximate surface area is 81.1 Å². The summed E-state index contributed by atoms with van der Waals surface area (Å²) in [7, 11) is 0. The Balaban J connectivity index is 2.70. The van der Waals surface area contributed by atoms with Crippen LogP contribution >= 0.6 is 15.9 Å². The number of amides is 1. The van der Waals surface area contributed by atoms with Gasteiger partial charge in [-0.3, -0.25) is 9.59 Å². The molecule has 0 radical (unpaired) electrons. The van der Waals surface area contributed by atoms with Gasteiger partial charge in [0.05, 0.1) is 11.3 Å². The van der Waals surface area contributed by atoms with Gasteiger partial charge in [-0.1, -0.05) is 0 Å². The summed E-state index contributed by atoms with van der Waals surface area (Å²) < 4.78 is 13.2. The van der Waals surface area contributed by atoms with Crippen molar-refractivity contribution in [3.05, 3.63) is 28.0 Å². The third kappa shape index (κ3) is 1.16. The molecule has 5 heteroatoms. The molecule has 66 valence electrons. The van der Waals surface area contributed by atoms with Crippen LogP contribution in [0.1, 0.15) is 10.4 Å². The van der Waals surface area contributed by atoms with Gasteiger partial charge in [0.2, 0.25) is 0 Å². The first-order valence-corrected chi connectivity index (χ1v) is 4.23. The maximum Gasteiger partial charge on any atom is 0.296 e. The number of halogens is 2. The van der Waals surface area contributed by atoms with Crippen LogP contribution in [0.2, 0.25) is 0 Å². The van der Waals surface area contributed by atoms with Gasteiger partial charge in [-0.05, 0) is 28.1 Å². The van der Waals surface area contributed by atoms with E-state index in [1.165, 1.54) is 6.07 Å². The van der Waals surface area contributed by atoms with E-state index in [-0.39, 0.29) is 5.56 Å². The van der Waals surface area contributed by atoms with E-state index in [9.17, 15) is 14.0 Å². The largest absolute Gasteiger partial charge is 0.317 e.